The van der Waals surface area contributed by atoms with Crippen LogP contribution in [0.3, 0.4) is 0 Å². The number of nitro benzene ring substituents is 1. The Morgan fingerprint density at radius 1 is 1.00 bits per heavy atom. The molecule has 0 fully saturated rings. The van der Waals surface area contributed by atoms with Crippen LogP contribution in [-0.2, 0) is 0 Å². The number of aryl methyl sites for hydroxylation is 2. The van der Waals surface area contributed by atoms with Crippen LogP contribution in [0.4, 0.5) is 11.4 Å². The number of carbonyl (C=O) groups is 1. The lowest BCUT2D eigenvalue weighted by Crippen LogP contribution is -2.13. The van der Waals surface area contributed by atoms with Crippen molar-refractivity contribution in [3.63, 3.8) is 0 Å². The number of anilines is 1. The topological polar surface area (TPSA) is 117 Å². The molecule has 4 aromatic rings. The van der Waals surface area contributed by atoms with Crippen LogP contribution in [0.15, 0.2) is 52.9 Å². The fourth-order valence-electron chi connectivity index (χ4n) is 3.41. The molecule has 33 heavy (non-hydrogen) atoms. The van der Waals surface area contributed by atoms with Gasteiger partial charge in [-0.1, -0.05) is 0 Å². The first kappa shape index (κ1) is 21.8. The first-order valence-corrected chi connectivity index (χ1v) is 10.0. The van der Waals surface area contributed by atoms with Gasteiger partial charge in [0, 0.05) is 17.2 Å². The van der Waals surface area contributed by atoms with Crippen LogP contribution in [0.1, 0.15) is 21.5 Å². The molecule has 0 saturated carbocycles. The van der Waals surface area contributed by atoms with E-state index in [1.54, 1.807) is 18.2 Å². The summed E-state index contributed by atoms with van der Waals surface area (Å²) < 4.78 is 16.3. The predicted molar refractivity (Wildman–Crippen MR) is 123 cm³/mol. The van der Waals surface area contributed by atoms with Gasteiger partial charge in [-0.05, 0) is 67.4 Å². The molecule has 0 bridgehead atoms. The Balaban J connectivity index is 1.69. The maximum absolute atomic E-state index is 12.9. The Hall–Kier alpha value is -4.40. The van der Waals surface area contributed by atoms with Gasteiger partial charge in [-0.15, -0.1) is 0 Å². The van der Waals surface area contributed by atoms with Gasteiger partial charge in [0.05, 0.1) is 24.8 Å². The standard InChI is InChI=1S/C24H21N3O6/c1-13-9-17-22(10-14(13)2)33-24(26-17)16-6-7-20(31-3)18(11-16)25-23(28)15-5-8-21(32-4)19(12-15)27(29)30/h5-12H,1-4H3,(H,25,28). The molecule has 0 aliphatic carbocycles. The maximum atomic E-state index is 12.9. The van der Waals surface area contributed by atoms with E-state index in [4.69, 9.17) is 13.9 Å². The number of ether oxygens (including phenoxy) is 2. The van der Waals surface area contributed by atoms with E-state index in [0.717, 1.165) is 22.7 Å². The van der Waals surface area contributed by atoms with Crippen LogP contribution >= 0.6 is 0 Å². The van der Waals surface area contributed by atoms with Crippen molar-refractivity contribution in [1.29, 1.82) is 0 Å². The third-order valence-electron chi connectivity index (χ3n) is 5.34. The number of hydrogen-bond acceptors (Lipinski definition) is 7. The lowest BCUT2D eigenvalue weighted by Gasteiger charge is -2.12. The summed E-state index contributed by atoms with van der Waals surface area (Å²) in [6.45, 7) is 4.01. The van der Waals surface area contributed by atoms with E-state index in [1.807, 2.05) is 26.0 Å². The van der Waals surface area contributed by atoms with Crippen LogP contribution in [-0.4, -0.2) is 30.0 Å². The summed E-state index contributed by atoms with van der Waals surface area (Å²) in [6.07, 6.45) is 0. The van der Waals surface area contributed by atoms with Crippen molar-refractivity contribution >= 4 is 28.4 Å². The van der Waals surface area contributed by atoms with Gasteiger partial charge in [0.1, 0.15) is 11.3 Å². The molecular formula is C24H21N3O6. The Morgan fingerprint density at radius 3 is 2.39 bits per heavy atom. The highest BCUT2D eigenvalue weighted by Gasteiger charge is 2.20. The summed E-state index contributed by atoms with van der Waals surface area (Å²) in [6, 6.07) is 13.0. The van der Waals surface area contributed by atoms with Crippen LogP contribution < -0.4 is 14.8 Å². The van der Waals surface area contributed by atoms with Crippen molar-refractivity contribution < 1.29 is 23.6 Å². The zero-order chi connectivity index (χ0) is 23.7. The number of carbonyl (C=O) groups excluding carboxylic acids is 1. The third-order valence-corrected chi connectivity index (χ3v) is 5.34. The second kappa shape index (κ2) is 8.62. The van der Waals surface area contributed by atoms with Crippen molar-refractivity contribution in [3.05, 3.63) is 75.3 Å². The van der Waals surface area contributed by atoms with Gasteiger partial charge in [-0.3, -0.25) is 14.9 Å². The number of nitro groups is 1. The van der Waals surface area contributed by atoms with E-state index in [-0.39, 0.29) is 17.0 Å². The average molecular weight is 447 g/mol. The molecule has 4 rings (SSSR count). The van der Waals surface area contributed by atoms with Crippen molar-refractivity contribution in [2.24, 2.45) is 0 Å². The molecule has 0 aliphatic rings. The van der Waals surface area contributed by atoms with Crippen molar-refractivity contribution in [1.82, 2.24) is 4.98 Å². The van der Waals surface area contributed by atoms with Crippen LogP contribution in [0.5, 0.6) is 11.5 Å². The van der Waals surface area contributed by atoms with Gasteiger partial charge in [0.25, 0.3) is 5.91 Å². The second-order valence-corrected chi connectivity index (χ2v) is 7.44. The zero-order valence-electron chi connectivity index (χ0n) is 18.5. The minimum Gasteiger partial charge on any atom is -0.495 e. The first-order valence-electron chi connectivity index (χ1n) is 10.0. The number of fused-ring (bicyclic) bond motifs is 1. The first-order chi connectivity index (χ1) is 15.8. The Kier molecular flexibility index (Phi) is 5.70. The molecule has 1 N–H and O–H groups in total. The number of rotatable bonds is 6. The van der Waals surface area contributed by atoms with E-state index in [2.05, 4.69) is 10.3 Å². The summed E-state index contributed by atoms with van der Waals surface area (Å²) >= 11 is 0. The van der Waals surface area contributed by atoms with E-state index in [0.29, 0.717) is 28.5 Å². The van der Waals surface area contributed by atoms with Gasteiger partial charge in [0.2, 0.25) is 5.89 Å². The Bertz CT molecular complexity index is 1350. The highest BCUT2D eigenvalue weighted by atomic mass is 16.6. The highest BCUT2D eigenvalue weighted by Crippen LogP contribution is 2.33. The third kappa shape index (κ3) is 4.20. The van der Waals surface area contributed by atoms with E-state index in [1.165, 1.54) is 26.4 Å². The Morgan fingerprint density at radius 2 is 1.70 bits per heavy atom. The summed E-state index contributed by atoms with van der Waals surface area (Å²) in [4.78, 5) is 28.1. The molecule has 168 valence electrons. The minimum absolute atomic E-state index is 0.0672. The molecular weight excluding hydrogens is 426 g/mol. The number of oxazole rings is 1. The molecule has 9 nitrogen and oxygen atoms in total. The number of nitrogens with one attached hydrogen (secondary N) is 1. The molecule has 3 aromatic carbocycles. The fraction of sp³-hybridized carbons (Fsp3) is 0.167. The van der Waals surface area contributed by atoms with E-state index in [9.17, 15) is 14.9 Å². The van der Waals surface area contributed by atoms with Gasteiger partial charge in [-0.2, -0.15) is 0 Å². The molecule has 9 heteroatoms. The number of benzene rings is 3. The summed E-state index contributed by atoms with van der Waals surface area (Å²) in [5, 5.41) is 14.0. The predicted octanol–water partition coefficient (Wildman–Crippen LogP) is 5.29. The SMILES string of the molecule is COc1ccc(-c2nc3cc(C)c(C)cc3o2)cc1NC(=O)c1ccc(OC)c([N+](=O)[O-])c1. The molecule has 0 aliphatic heterocycles. The normalized spacial score (nSPS) is 10.8. The molecule has 0 saturated heterocycles. The highest BCUT2D eigenvalue weighted by molar-refractivity contribution is 6.06. The summed E-state index contributed by atoms with van der Waals surface area (Å²) in [7, 11) is 2.81. The fourth-order valence-corrected chi connectivity index (χ4v) is 3.41. The van der Waals surface area contributed by atoms with Crippen molar-refractivity contribution in [2.75, 3.05) is 19.5 Å². The average Bonchev–Trinajstić information content (AvgIpc) is 3.21. The number of nitrogens with zero attached hydrogens (tertiary/aromatic N) is 2. The number of amides is 1. The van der Waals surface area contributed by atoms with Crippen LogP contribution in [0, 0.1) is 24.0 Å². The largest absolute Gasteiger partial charge is 0.495 e. The van der Waals surface area contributed by atoms with Crippen molar-refractivity contribution in [2.45, 2.75) is 13.8 Å². The summed E-state index contributed by atoms with van der Waals surface area (Å²) in [5.41, 5.74) is 4.41. The lowest BCUT2D eigenvalue weighted by molar-refractivity contribution is -0.385. The van der Waals surface area contributed by atoms with E-state index < -0.39 is 10.8 Å². The lowest BCUT2D eigenvalue weighted by atomic mass is 10.1. The quantitative estimate of drug-likeness (QED) is 0.315. The molecule has 0 radical (unpaired) electrons. The molecule has 0 atom stereocenters. The van der Waals surface area contributed by atoms with Crippen molar-refractivity contribution in [3.8, 4) is 23.0 Å². The number of aromatic nitrogens is 1. The number of hydrogen-bond donors (Lipinski definition) is 1. The molecule has 1 amide bonds. The van der Waals surface area contributed by atoms with Gasteiger partial charge >= 0.3 is 5.69 Å². The number of methoxy groups -OCH3 is 2. The second-order valence-electron chi connectivity index (χ2n) is 7.44. The molecule has 0 unspecified atom stereocenters. The maximum Gasteiger partial charge on any atom is 0.311 e. The summed E-state index contributed by atoms with van der Waals surface area (Å²) in [5.74, 6) is 0.337. The van der Waals surface area contributed by atoms with E-state index >= 15 is 0 Å². The van der Waals surface area contributed by atoms with Gasteiger partial charge in [0.15, 0.2) is 11.3 Å². The van der Waals surface area contributed by atoms with Gasteiger partial charge in [-0.25, -0.2) is 4.98 Å². The zero-order valence-corrected chi connectivity index (χ0v) is 18.5. The van der Waals surface area contributed by atoms with Crippen LogP contribution in [0.25, 0.3) is 22.6 Å². The van der Waals surface area contributed by atoms with Gasteiger partial charge < -0.3 is 19.2 Å². The molecule has 0 spiro atoms. The molecule has 1 heterocycles. The minimum atomic E-state index is -0.604. The smallest absolute Gasteiger partial charge is 0.311 e. The monoisotopic (exact) mass is 447 g/mol. The Labute approximate surface area is 189 Å². The van der Waals surface area contributed by atoms with Crippen LogP contribution in [0.2, 0.25) is 0 Å². The molecule has 1 aromatic heterocycles.